The van der Waals surface area contributed by atoms with Crippen LogP contribution in [0.15, 0.2) is 59.6 Å². The number of halogens is 1. The number of hydrogen-bond donors (Lipinski definition) is 0. The number of nitrogens with zero attached hydrogens (tertiary/aromatic N) is 2. The third kappa shape index (κ3) is 3.72. The standard InChI is InChI=1S/C18H13ClN2O4S/c19-26(23,24)15-6-7-16-14(8-9-20)11-21(17(16)10-15)18(22)25-12-13-4-2-1-3-5-13/h1-7,10-11H,8,12H2. The molecule has 0 aliphatic rings. The maximum Gasteiger partial charge on any atom is 0.418 e. The minimum absolute atomic E-state index is 0.0699. The number of benzene rings is 2. The van der Waals surface area contributed by atoms with E-state index in [9.17, 15) is 13.2 Å². The van der Waals surface area contributed by atoms with Crippen molar-refractivity contribution in [3.05, 3.63) is 65.9 Å². The van der Waals surface area contributed by atoms with Gasteiger partial charge in [0, 0.05) is 22.3 Å². The Bertz CT molecular complexity index is 1120. The summed E-state index contributed by atoms with van der Waals surface area (Å²) in [5, 5.41) is 9.56. The molecule has 3 rings (SSSR count). The molecule has 0 aliphatic carbocycles. The van der Waals surface area contributed by atoms with Crippen LogP contribution in [0.25, 0.3) is 10.9 Å². The van der Waals surface area contributed by atoms with Gasteiger partial charge in [-0.1, -0.05) is 36.4 Å². The highest BCUT2D eigenvalue weighted by atomic mass is 35.7. The Kier molecular flexibility index (Phi) is 4.98. The van der Waals surface area contributed by atoms with Gasteiger partial charge in [0.05, 0.1) is 22.9 Å². The molecule has 0 bridgehead atoms. The third-order valence-electron chi connectivity index (χ3n) is 3.81. The molecule has 0 saturated heterocycles. The second kappa shape index (κ2) is 7.20. The fourth-order valence-electron chi connectivity index (χ4n) is 2.59. The molecular formula is C18H13ClN2O4S. The summed E-state index contributed by atoms with van der Waals surface area (Å²) in [4.78, 5) is 12.4. The predicted molar refractivity (Wildman–Crippen MR) is 96.3 cm³/mol. The Morgan fingerprint density at radius 1 is 1.19 bits per heavy atom. The Balaban J connectivity index is 2.00. The monoisotopic (exact) mass is 388 g/mol. The van der Waals surface area contributed by atoms with Crippen molar-refractivity contribution in [2.24, 2.45) is 0 Å². The molecule has 0 unspecified atom stereocenters. The molecule has 26 heavy (non-hydrogen) atoms. The second-order valence-corrected chi connectivity index (χ2v) is 8.08. The van der Waals surface area contributed by atoms with E-state index in [-0.39, 0.29) is 17.9 Å². The molecular weight excluding hydrogens is 376 g/mol. The lowest BCUT2D eigenvalue weighted by Crippen LogP contribution is -2.12. The van der Waals surface area contributed by atoms with Gasteiger partial charge < -0.3 is 4.74 Å². The van der Waals surface area contributed by atoms with Crippen LogP contribution in [0, 0.1) is 11.3 Å². The predicted octanol–water partition coefficient (Wildman–Crippen LogP) is 3.82. The smallest absolute Gasteiger partial charge is 0.418 e. The molecule has 0 N–H and O–H groups in total. The highest BCUT2D eigenvalue weighted by Gasteiger charge is 2.18. The summed E-state index contributed by atoms with van der Waals surface area (Å²) >= 11 is 0. The maximum atomic E-state index is 12.5. The summed E-state index contributed by atoms with van der Waals surface area (Å²) in [6.45, 7) is 0.0699. The first-order chi connectivity index (χ1) is 12.4. The van der Waals surface area contributed by atoms with E-state index >= 15 is 0 Å². The van der Waals surface area contributed by atoms with E-state index < -0.39 is 15.1 Å². The van der Waals surface area contributed by atoms with Gasteiger partial charge in [-0.2, -0.15) is 5.26 Å². The van der Waals surface area contributed by atoms with E-state index in [1.165, 1.54) is 29.0 Å². The molecule has 0 spiro atoms. The van der Waals surface area contributed by atoms with Crippen LogP contribution >= 0.6 is 10.7 Å². The zero-order chi connectivity index (χ0) is 18.7. The van der Waals surface area contributed by atoms with Crippen LogP contribution in [-0.4, -0.2) is 19.1 Å². The lowest BCUT2D eigenvalue weighted by molar-refractivity contribution is 0.142. The zero-order valence-electron chi connectivity index (χ0n) is 13.4. The summed E-state index contributed by atoms with van der Waals surface area (Å²) in [6, 6.07) is 15.3. The van der Waals surface area contributed by atoms with E-state index in [0.29, 0.717) is 16.5 Å². The quantitative estimate of drug-likeness (QED) is 0.634. The van der Waals surface area contributed by atoms with Crippen molar-refractivity contribution in [2.75, 3.05) is 0 Å². The Hall–Kier alpha value is -2.82. The largest absolute Gasteiger partial charge is 0.444 e. The lowest BCUT2D eigenvalue weighted by atomic mass is 10.1. The van der Waals surface area contributed by atoms with Crippen LogP contribution < -0.4 is 0 Å². The number of fused-ring (bicyclic) bond motifs is 1. The van der Waals surface area contributed by atoms with Gasteiger partial charge >= 0.3 is 6.09 Å². The number of aromatic nitrogens is 1. The number of nitriles is 1. The Morgan fingerprint density at radius 2 is 1.92 bits per heavy atom. The fourth-order valence-corrected chi connectivity index (χ4v) is 3.37. The third-order valence-corrected chi connectivity index (χ3v) is 5.16. The van der Waals surface area contributed by atoms with Gasteiger partial charge in [0.25, 0.3) is 9.05 Å². The van der Waals surface area contributed by atoms with Gasteiger partial charge in [-0.3, -0.25) is 4.57 Å². The number of hydrogen-bond acceptors (Lipinski definition) is 5. The molecule has 0 aliphatic heterocycles. The number of carbonyl (C=O) groups excluding carboxylic acids is 1. The van der Waals surface area contributed by atoms with Crippen molar-refractivity contribution >= 4 is 36.7 Å². The van der Waals surface area contributed by atoms with Gasteiger partial charge in [-0.05, 0) is 23.3 Å². The van der Waals surface area contributed by atoms with Crippen molar-refractivity contribution in [1.82, 2.24) is 4.57 Å². The number of rotatable bonds is 4. The molecule has 1 heterocycles. The van der Waals surface area contributed by atoms with Gasteiger partial charge in [0.15, 0.2) is 0 Å². The first-order valence-corrected chi connectivity index (χ1v) is 9.88. The highest BCUT2D eigenvalue weighted by Crippen LogP contribution is 2.27. The van der Waals surface area contributed by atoms with E-state index in [2.05, 4.69) is 0 Å². The van der Waals surface area contributed by atoms with E-state index in [1.54, 1.807) is 0 Å². The minimum Gasteiger partial charge on any atom is -0.444 e. The van der Waals surface area contributed by atoms with Gasteiger partial charge in [0.2, 0.25) is 0 Å². The summed E-state index contributed by atoms with van der Waals surface area (Å²) in [6.07, 6.45) is 0.876. The van der Waals surface area contributed by atoms with Crippen LogP contribution in [0.4, 0.5) is 4.79 Å². The summed E-state index contributed by atoms with van der Waals surface area (Å²) in [5.41, 5.74) is 1.73. The van der Waals surface area contributed by atoms with E-state index in [4.69, 9.17) is 20.7 Å². The molecule has 0 radical (unpaired) electrons. The molecule has 6 nitrogen and oxygen atoms in total. The van der Waals surface area contributed by atoms with Crippen molar-refractivity contribution in [3.63, 3.8) is 0 Å². The summed E-state index contributed by atoms with van der Waals surface area (Å²) in [7, 11) is 1.44. The molecule has 2 aromatic carbocycles. The molecule has 8 heteroatoms. The SMILES string of the molecule is N#CCc1cn(C(=O)OCc2ccccc2)c2cc(S(=O)(=O)Cl)ccc12. The highest BCUT2D eigenvalue weighted by molar-refractivity contribution is 8.13. The first kappa shape index (κ1) is 18.0. The van der Waals surface area contributed by atoms with E-state index in [1.807, 2.05) is 36.4 Å². The number of carbonyl (C=O) groups is 1. The minimum atomic E-state index is -3.95. The van der Waals surface area contributed by atoms with Crippen LogP contribution in [-0.2, 0) is 26.8 Å². The molecule has 132 valence electrons. The van der Waals surface area contributed by atoms with E-state index in [0.717, 1.165) is 5.56 Å². The molecule has 1 aromatic heterocycles. The van der Waals surface area contributed by atoms with Crippen molar-refractivity contribution in [3.8, 4) is 6.07 Å². The maximum absolute atomic E-state index is 12.5. The second-order valence-electron chi connectivity index (χ2n) is 5.52. The topological polar surface area (TPSA) is 89.2 Å². The summed E-state index contributed by atoms with van der Waals surface area (Å²) in [5.74, 6) is 0. The first-order valence-electron chi connectivity index (χ1n) is 7.57. The number of ether oxygens (including phenoxy) is 1. The normalized spacial score (nSPS) is 11.2. The average molecular weight is 389 g/mol. The zero-order valence-corrected chi connectivity index (χ0v) is 15.0. The van der Waals surface area contributed by atoms with Crippen LogP contribution in [0.3, 0.4) is 0 Å². The van der Waals surface area contributed by atoms with Gasteiger partial charge in [0.1, 0.15) is 6.61 Å². The van der Waals surface area contributed by atoms with Crippen LogP contribution in [0.2, 0.25) is 0 Å². The molecule has 0 saturated carbocycles. The van der Waals surface area contributed by atoms with Crippen molar-refractivity contribution in [1.29, 1.82) is 5.26 Å². The molecule has 0 fully saturated rings. The average Bonchev–Trinajstić information content (AvgIpc) is 2.98. The molecule has 0 amide bonds. The lowest BCUT2D eigenvalue weighted by Gasteiger charge is -2.07. The fraction of sp³-hybridized carbons (Fsp3) is 0.111. The molecule has 0 atom stereocenters. The molecule has 3 aromatic rings. The Morgan fingerprint density at radius 3 is 2.58 bits per heavy atom. The van der Waals surface area contributed by atoms with Crippen LogP contribution in [0.5, 0.6) is 0 Å². The Labute approximate surface area is 154 Å². The summed E-state index contributed by atoms with van der Waals surface area (Å²) < 4.78 is 29.7. The van der Waals surface area contributed by atoms with Gasteiger partial charge in [-0.15, -0.1) is 0 Å². The van der Waals surface area contributed by atoms with Crippen molar-refractivity contribution in [2.45, 2.75) is 17.9 Å². The van der Waals surface area contributed by atoms with Crippen molar-refractivity contribution < 1.29 is 17.9 Å². The van der Waals surface area contributed by atoms with Gasteiger partial charge in [-0.25, -0.2) is 13.2 Å². The van der Waals surface area contributed by atoms with Crippen LogP contribution in [0.1, 0.15) is 11.1 Å².